The highest BCUT2D eigenvalue weighted by atomic mass is 35.5. The molecule has 1 aromatic rings. The van der Waals surface area contributed by atoms with Gasteiger partial charge in [0.2, 0.25) is 5.91 Å². The molecule has 10 heteroatoms. The van der Waals surface area contributed by atoms with Gasteiger partial charge < -0.3 is 15.0 Å². The predicted molar refractivity (Wildman–Crippen MR) is 118 cm³/mol. The second kappa shape index (κ2) is 11.0. The van der Waals surface area contributed by atoms with Gasteiger partial charge in [-0.25, -0.2) is 4.98 Å². The van der Waals surface area contributed by atoms with Crippen molar-refractivity contribution in [2.24, 2.45) is 11.8 Å². The maximum absolute atomic E-state index is 12.8. The fraction of sp³-hybridized carbons (Fsp3) is 0.727. The van der Waals surface area contributed by atoms with Gasteiger partial charge in [-0.1, -0.05) is 25.4 Å². The highest BCUT2D eigenvalue weighted by Gasteiger charge is 2.33. The molecule has 3 heterocycles. The van der Waals surface area contributed by atoms with Crippen molar-refractivity contribution in [3.8, 4) is 0 Å². The zero-order chi connectivity index (χ0) is 23.3. The van der Waals surface area contributed by atoms with Gasteiger partial charge in [0.25, 0.3) is 0 Å². The van der Waals surface area contributed by atoms with Crippen LogP contribution < -0.4 is 10.2 Å². The number of morpholine rings is 1. The van der Waals surface area contributed by atoms with Crippen LogP contribution in [0.25, 0.3) is 0 Å². The molecular weight excluding hydrogens is 445 g/mol. The van der Waals surface area contributed by atoms with E-state index in [0.717, 1.165) is 45.0 Å². The summed E-state index contributed by atoms with van der Waals surface area (Å²) in [4.78, 5) is 21.0. The van der Waals surface area contributed by atoms with E-state index in [-0.39, 0.29) is 22.9 Å². The summed E-state index contributed by atoms with van der Waals surface area (Å²) in [7, 11) is 0. The van der Waals surface area contributed by atoms with Crippen molar-refractivity contribution in [3.05, 3.63) is 22.8 Å². The van der Waals surface area contributed by atoms with E-state index in [2.05, 4.69) is 29.0 Å². The van der Waals surface area contributed by atoms with Gasteiger partial charge in [-0.15, -0.1) is 0 Å². The van der Waals surface area contributed by atoms with Crippen molar-refractivity contribution < 1.29 is 22.7 Å². The molecule has 6 nitrogen and oxygen atoms in total. The minimum atomic E-state index is -4.48. The molecule has 0 spiro atoms. The van der Waals surface area contributed by atoms with Crippen molar-refractivity contribution in [3.63, 3.8) is 0 Å². The smallest absolute Gasteiger partial charge is 0.379 e. The Morgan fingerprint density at radius 2 is 1.91 bits per heavy atom. The number of nitrogens with zero attached hydrogens (tertiary/aromatic N) is 3. The molecule has 2 fully saturated rings. The first-order valence-electron chi connectivity index (χ1n) is 11.2. The average molecular weight is 477 g/mol. The van der Waals surface area contributed by atoms with Crippen LogP contribution in [-0.2, 0) is 15.7 Å². The molecule has 2 aliphatic heterocycles. The van der Waals surface area contributed by atoms with E-state index in [4.69, 9.17) is 16.3 Å². The van der Waals surface area contributed by atoms with Crippen molar-refractivity contribution in [1.82, 2.24) is 15.2 Å². The van der Waals surface area contributed by atoms with Crippen molar-refractivity contribution in [2.45, 2.75) is 45.3 Å². The van der Waals surface area contributed by atoms with Crippen LogP contribution in [0.4, 0.5) is 19.0 Å². The number of piperidine rings is 1. The first-order valence-corrected chi connectivity index (χ1v) is 11.6. The zero-order valence-electron chi connectivity index (χ0n) is 18.6. The molecule has 1 atom stereocenters. The molecule has 0 saturated carbocycles. The van der Waals surface area contributed by atoms with Crippen molar-refractivity contribution in [2.75, 3.05) is 50.8 Å². The fourth-order valence-corrected chi connectivity index (χ4v) is 4.67. The van der Waals surface area contributed by atoms with Gasteiger partial charge in [-0.05, 0) is 31.2 Å². The first kappa shape index (κ1) is 25.1. The van der Waals surface area contributed by atoms with Gasteiger partial charge in [-0.3, -0.25) is 9.69 Å². The monoisotopic (exact) mass is 476 g/mol. The van der Waals surface area contributed by atoms with E-state index in [1.54, 1.807) is 0 Å². The van der Waals surface area contributed by atoms with E-state index >= 15 is 0 Å². The second-order valence-electron chi connectivity index (χ2n) is 8.97. The molecule has 180 valence electrons. The summed E-state index contributed by atoms with van der Waals surface area (Å²) >= 11 is 6.07. The number of halogens is 4. The number of carbonyl (C=O) groups is 1. The quantitative estimate of drug-likeness (QED) is 0.648. The molecule has 1 amide bonds. The summed E-state index contributed by atoms with van der Waals surface area (Å²) in [5.74, 6) is 0.786. The van der Waals surface area contributed by atoms with Crippen LogP contribution in [0.2, 0.25) is 5.02 Å². The third-order valence-electron chi connectivity index (χ3n) is 6.13. The SMILES string of the molecule is CC(C)CC(CNC(=O)C1CCN(c2ncc(C(F)(F)F)cc2Cl)CC1)N1CCOCC1. The number of amides is 1. The summed E-state index contributed by atoms with van der Waals surface area (Å²) in [5, 5.41) is 3.12. The number of hydrogen-bond donors (Lipinski definition) is 1. The lowest BCUT2D eigenvalue weighted by Gasteiger charge is -2.36. The summed E-state index contributed by atoms with van der Waals surface area (Å²) in [6, 6.07) is 1.20. The van der Waals surface area contributed by atoms with E-state index < -0.39 is 11.7 Å². The van der Waals surface area contributed by atoms with Crippen LogP contribution in [0, 0.1) is 11.8 Å². The Labute approximate surface area is 192 Å². The summed E-state index contributed by atoms with van der Waals surface area (Å²) in [6.45, 7) is 9.24. The van der Waals surface area contributed by atoms with Crippen LogP contribution >= 0.6 is 11.6 Å². The second-order valence-corrected chi connectivity index (χ2v) is 9.37. The average Bonchev–Trinajstić information content (AvgIpc) is 2.76. The van der Waals surface area contributed by atoms with Gasteiger partial charge in [-0.2, -0.15) is 13.2 Å². The maximum atomic E-state index is 12.8. The van der Waals surface area contributed by atoms with Gasteiger partial charge in [0.15, 0.2) is 0 Å². The van der Waals surface area contributed by atoms with Gasteiger partial charge >= 0.3 is 6.18 Å². The van der Waals surface area contributed by atoms with E-state index in [0.29, 0.717) is 44.2 Å². The standard InChI is InChI=1S/C22H32ClF3N4O2/c1-15(2)11-18(29-7-9-32-10-8-29)14-28-21(31)16-3-5-30(6-4-16)20-19(23)12-17(13-27-20)22(24,25)26/h12-13,15-16,18H,3-11,14H2,1-2H3,(H,28,31). The number of ether oxygens (including phenoxy) is 1. The molecule has 1 aromatic heterocycles. The Morgan fingerprint density at radius 3 is 2.47 bits per heavy atom. The molecule has 0 bridgehead atoms. The van der Waals surface area contributed by atoms with Crippen LogP contribution in [-0.4, -0.2) is 67.8 Å². The Morgan fingerprint density at radius 1 is 1.25 bits per heavy atom. The molecule has 2 aliphatic rings. The zero-order valence-corrected chi connectivity index (χ0v) is 19.4. The Kier molecular flexibility index (Phi) is 8.63. The first-order chi connectivity index (χ1) is 15.1. The van der Waals surface area contributed by atoms with E-state index in [1.165, 1.54) is 0 Å². The minimum Gasteiger partial charge on any atom is -0.379 e. The number of rotatable bonds is 7. The van der Waals surface area contributed by atoms with Crippen LogP contribution in [0.15, 0.2) is 12.3 Å². The lowest BCUT2D eigenvalue weighted by molar-refractivity contribution is -0.137. The molecule has 0 aromatic carbocycles. The van der Waals surface area contributed by atoms with Crippen molar-refractivity contribution >= 4 is 23.3 Å². The normalized spacial score (nSPS) is 19.9. The highest BCUT2D eigenvalue weighted by Crippen LogP contribution is 2.34. The number of nitrogens with one attached hydrogen (secondary N) is 1. The molecule has 0 aliphatic carbocycles. The molecular formula is C22H32ClF3N4O2. The van der Waals surface area contributed by atoms with E-state index in [9.17, 15) is 18.0 Å². The number of hydrogen-bond acceptors (Lipinski definition) is 5. The van der Waals surface area contributed by atoms with Gasteiger partial charge in [0.05, 0.1) is 23.8 Å². The Balaban J connectivity index is 1.51. The highest BCUT2D eigenvalue weighted by molar-refractivity contribution is 6.33. The number of pyridine rings is 1. The molecule has 2 saturated heterocycles. The van der Waals surface area contributed by atoms with Crippen LogP contribution in [0.1, 0.15) is 38.7 Å². The molecule has 32 heavy (non-hydrogen) atoms. The predicted octanol–water partition coefficient (Wildman–Crippen LogP) is 3.83. The Bertz CT molecular complexity index is 764. The lowest BCUT2D eigenvalue weighted by Crippen LogP contribution is -2.50. The summed E-state index contributed by atoms with van der Waals surface area (Å²) in [6.07, 6.45) is -1.44. The minimum absolute atomic E-state index is 0.0234. The third-order valence-corrected chi connectivity index (χ3v) is 6.41. The molecule has 0 radical (unpaired) electrons. The number of carbonyl (C=O) groups excluding carboxylic acids is 1. The maximum Gasteiger partial charge on any atom is 0.417 e. The fourth-order valence-electron chi connectivity index (χ4n) is 4.38. The van der Waals surface area contributed by atoms with Crippen LogP contribution in [0.5, 0.6) is 0 Å². The summed E-state index contributed by atoms with van der Waals surface area (Å²) in [5.41, 5.74) is -0.864. The van der Waals surface area contributed by atoms with E-state index in [1.807, 2.05) is 4.90 Å². The van der Waals surface area contributed by atoms with Gasteiger partial charge in [0, 0.05) is 50.9 Å². The largest absolute Gasteiger partial charge is 0.417 e. The van der Waals surface area contributed by atoms with Crippen molar-refractivity contribution in [1.29, 1.82) is 0 Å². The number of alkyl halides is 3. The lowest BCUT2D eigenvalue weighted by atomic mass is 9.95. The Hall–Kier alpha value is -1.58. The summed E-state index contributed by atoms with van der Waals surface area (Å²) < 4.78 is 44.0. The number of aromatic nitrogens is 1. The van der Waals surface area contributed by atoms with Crippen LogP contribution in [0.3, 0.4) is 0 Å². The molecule has 1 unspecified atom stereocenters. The topological polar surface area (TPSA) is 57.7 Å². The van der Waals surface area contributed by atoms with Gasteiger partial charge in [0.1, 0.15) is 5.82 Å². The molecule has 3 rings (SSSR count). The number of anilines is 1. The molecule has 1 N–H and O–H groups in total. The third kappa shape index (κ3) is 6.71.